The molecule has 0 unspecified atom stereocenters. The molecule has 2 aromatic heterocycles. The van der Waals surface area contributed by atoms with Crippen LogP contribution in [0.4, 0.5) is 0 Å². The first-order valence-electron chi connectivity index (χ1n) is 4.96. The van der Waals surface area contributed by atoms with Crippen molar-refractivity contribution in [2.75, 3.05) is 7.11 Å². The predicted molar refractivity (Wildman–Crippen MR) is 62.5 cm³/mol. The molecule has 17 heavy (non-hydrogen) atoms. The van der Waals surface area contributed by atoms with Crippen molar-refractivity contribution in [2.45, 2.75) is 0 Å². The molecule has 0 fully saturated rings. The van der Waals surface area contributed by atoms with Crippen LogP contribution in [0.2, 0.25) is 0 Å². The van der Waals surface area contributed by atoms with Crippen LogP contribution in [0.15, 0.2) is 36.8 Å². The van der Waals surface area contributed by atoms with Gasteiger partial charge in [-0.2, -0.15) is 0 Å². The van der Waals surface area contributed by atoms with Crippen molar-refractivity contribution in [3.05, 3.63) is 42.4 Å². The molecule has 0 aliphatic carbocycles. The van der Waals surface area contributed by atoms with Gasteiger partial charge in [0.2, 0.25) is 11.8 Å². The van der Waals surface area contributed by atoms with E-state index in [0.29, 0.717) is 11.4 Å². The van der Waals surface area contributed by atoms with Gasteiger partial charge in [0.1, 0.15) is 0 Å². The fourth-order valence-corrected chi connectivity index (χ4v) is 1.50. The average Bonchev–Trinajstić information content (AvgIpc) is 2.39. The molecule has 0 saturated carbocycles. The Morgan fingerprint density at radius 2 is 2.24 bits per heavy atom. The van der Waals surface area contributed by atoms with Gasteiger partial charge in [-0.05, 0) is 18.2 Å². The Morgan fingerprint density at radius 1 is 1.41 bits per heavy atom. The lowest BCUT2D eigenvalue weighted by Crippen LogP contribution is -2.11. The van der Waals surface area contributed by atoms with Gasteiger partial charge in [0.15, 0.2) is 0 Å². The SMILES string of the molecule is COc1ncccc1-c1cncc(C(N)=O)c1. The van der Waals surface area contributed by atoms with E-state index in [-0.39, 0.29) is 0 Å². The molecule has 0 atom stereocenters. The van der Waals surface area contributed by atoms with Crippen LogP contribution in [0.5, 0.6) is 5.88 Å². The number of amides is 1. The molecule has 0 saturated heterocycles. The number of hydrogen-bond donors (Lipinski definition) is 1. The van der Waals surface area contributed by atoms with Gasteiger partial charge in [0.05, 0.1) is 12.7 Å². The van der Waals surface area contributed by atoms with E-state index in [4.69, 9.17) is 10.5 Å². The maximum Gasteiger partial charge on any atom is 0.250 e. The van der Waals surface area contributed by atoms with E-state index >= 15 is 0 Å². The van der Waals surface area contributed by atoms with E-state index in [1.54, 1.807) is 24.5 Å². The van der Waals surface area contributed by atoms with Crippen molar-refractivity contribution < 1.29 is 9.53 Å². The Morgan fingerprint density at radius 3 is 2.94 bits per heavy atom. The minimum absolute atomic E-state index is 0.355. The first-order chi connectivity index (χ1) is 8.22. The summed E-state index contributed by atoms with van der Waals surface area (Å²) < 4.78 is 5.15. The van der Waals surface area contributed by atoms with Crippen molar-refractivity contribution in [1.82, 2.24) is 9.97 Å². The van der Waals surface area contributed by atoms with Gasteiger partial charge < -0.3 is 10.5 Å². The monoisotopic (exact) mass is 229 g/mol. The predicted octanol–water partition coefficient (Wildman–Crippen LogP) is 1.25. The first kappa shape index (κ1) is 11.1. The molecule has 2 heterocycles. The Hall–Kier alpha value is -2.43. The highest BCUT2D eigenvalue weighted by Gasteiger charge is 2.09. The number of carbonyl (C=O) groups excluding carboxylic acids is 1. The van der Waals surface area contributed by atoms with E-state index in [2.05, 4.69) is 9.97 Å². The minimum Gasteiger partial charge on any atom is -0.481 e. The molecule has 2 rings (SSSR count). The number of pyridine rings is 2. The molecule has 2 aromatic rings. The summed E-state index contributed by atoms with van der Waals surface area (Å²) >= 11 is 0. The first-order valence-corrected chi connectivity index (χ1v) is 4.96. The lowest BCUT2D eigenvalue weighted by molar-refractivity contribution is 0.1000. The molecule has 0 radical (unpaired) electrons. The number of nitrogens with two attached hydrogens (primary N) is 1. The van der Waals surface area contributed by atoms with E-state index in [0.717, 1.165) is 11.1 Å². The molecule has 5 nitrogen and oxygen atoms in total. The molecule has 0 spiro atoms. The summed E-state index contributed by atoms with van der Waals surface area (Å²) in [5.41, 5.74) is 7.07. The minimum atomic E-state index is -0.512. The van der Waals surface area contributed by atoms with Crippen LogP contribution >= 0.6 is 0 Å². The van der Waals surface area contributed by atoms with Crippen LogP contribution in [0.3, 0.4) is 0 Å². The third kappa shape index (κ3) is 2.23. The summed E-state index contributed by atoms with van der Waals surface area (Å²) in [6.45, 7) is 0. The summed E-state index contributed by atoms with van der Waals surface area (Å²) in [6, 6.07) is 5.29. The fraction of sp³-hybridized carbons (Fsp3) is 0.0833. The molecule has 0 aliphatic heterocycles. The molecule has 2 N–H and O–H groups in total. The summed E-state index contributed by atoms with van der Waals surface area (Å²) in [5.74, 6) is -0.0295. The zero-order valence-electron chi connectivity index (χ0n) is 9.25. The highest BCUT2D eigenvalue weighted by Crippen LogP contribution is 2.27. The van der Waals surface area contributed by atoms with Gasteiger partial charge in [0, 0.05) is 29.7 Å². The topological polar surface area (TPSA) is 78.1 Å². The Balaban J connectivity index is 2.52. The Kier molecular flexibility index (Phi) is 3.00. The Labute approximate surface area is 98.3 Å². The molecular formula is C12H11N3O2. The third-order valence-electron chi connectivity index (χ3n) is 2.30. The van der Waals surface area contributed by atoms with Crippen LogP contribution in [0.1, 0.15) is 10.4 Å². The number of methoxy groups -OCH3 is 1. The number of rotatable bonds is 3. The highest BCUT2D eigenvalue weighted by atomic mass is 16.5. The van der Waals surface area contributed by atoms with Crippen molar-refractivity contribution in [3.8, 4) is 17.0 Å². The van der Waals surface area contributed by atoms with Gasteiger partial charge in [0.25, 0.3) is 0 Å². The number of primary amides is 1. The molecule has 0 aromatic carbocycles. The van der Waals surface area contributed by atoms with Gasteiger partial charge >= 0.3 is 0 Å². The normalized spacial score (nSPS) is 9.94. The lowest BCUT2D eigenvalue weighted by atomic mass is 10.1. The van der Waals surface area contributed by atoms with Crippen molar-refractivity contribution >= 4 is 5.91 Å². The number of carbonyl (C=O) groups is 1. The van der Waals surface area contributed by atoms with Gasteiger partial charge in [-0.25, -0.2) is 4.98 Å². The summed E-state index contributed by atoms with van der Waals surface area (Å²) in [7, 11) is 1.54. The van der Waals surface area contributed by atoms with Crippen molar-refractivity contribution in [3.63, 3.8) is 0 Å². The quantitative estimate of drug-likeness (QED) is 0.859. The Bertz CT molecular complexity index is 555. The molecular weight excluding hydrogens is 218 g/mol. The second-order valence-electron chi connectivity index (χ2n) is 3.39. The lowest BCUT2D eigenvalue weighted by Gasteiger charge is -2.07. The van der Waals surface area contributed by atoms with E-state index < -0.39 is 5.91 Å². The molecule has 1 amide bonds. The summed E-state index contributed by atoms with van der Waals surface area (Å²) in [5, 5.41) is 0. The van der Waals surface area contributed by atoms with Crippen LogP contribution in [-0.2, 0) is 0 Å². The van der Waals surface area contributed by atoms with Crippen LogP contribution in [0.25, 0.3) is 11.1 Å². The largest absolute Gasteiger partial charge is 0.481 e. The highest BCUT2D eigenvalue weighted by molar-refractivity contribution is 5.93. The van der Waals surface area contributed by atoms with Crippen LogP contribution in [0, 0.1) is 0 Å². The number of nitrogens with zero attached hydrogens (tertiary/aromatic N) is 2. The maximum absolute atomic E-state index is 11.1. The number of ether oxygens (including phenoxy) is 1. The van der Waals surface area contributed by atoms with E-state index in [1.165, 1.54) is 13.3 Å². The molecule has 5 heteroatoms. The molecule has 0 bridgehead atoms. The van der Waals surface area contributed by atoms with Gasteiger partial charge in [-0.1, -0.05) is 0 Å². The van der Waals surface area contributed by atoms with Crippen molar-refractivity contribution in [2.24, 2.45) is 5.73 Å². The number of hydrogen-bond acceptors (Lipinski definition) is 4. The smallest absolute Gasteiger partial charge is 0.250 e. The molecule has 86 valence electrons. The van der Waals surface area contributed by atoms with E-state index in [9.17, 15) is 4.79 Å². The molecule has 0 aliphatic rings. The fourth-order valence-electron chi connectivity index (χ4n) is 1.50. The van der Waals surface area contributed by atoms with Gasteiger partial charge in [-0.3, -0.25) is 9.78 Å². The zero-order valence-corrected chi connectivity index (χ0v) is 9.25. The summed E-state index contributed by atoms with van der Waals surface area (Å²) in [4.78, 5) is 19.1. The number of aromatic nitrogens is 2. The summed E-state index contributed by atoms with van der Waals surface area (Å²) in [6.07, 6.45) is 4.69. The average molecular weight is 229 g/mol. The zero-order chi connectivity index (χ0) is 12.3. The van der Waals surface area contributed by atoms with E-state index in [1.807, 2.05) is 6.07 Å². The second-order valence-corrected chi connectivity index (χ2v) is 3.39. The van der Waals surface area contributed by atoms with Crippen molar-refractivity contribution in [1.29, 1.82) is 0 Å². The van der Waals surface area contributed by atoms with Crippen LogP contribution in [-0.4, -0.2) is 23.0 Å². The standard InChI is InChI=1S/C12H11N3O2/c1-17-12-10(3-2-4-15-12)8-5-9(11(13)16)7-14-6-8/h2-7H,1H3,(H2,13,16). The third-order valence-corrected chi connectivity index (χ3v) is 2.30. The second kappa shape index (κ2) is 4.61. The van der Waals surface area contributed by atoms with Gasteiger partial charge in [-0.15, -0.1) is 0 Å². The van der Waals surface area contributed by atoms with Crippen LogP contribution < -0.4 is 10.5 Å². The maximum atomic E-state index is 11.1.